The fourth-order valence-electron chi connectivity index (χ4n) is 2.57. The molecule has 7 nitrogen and oxygen atoms in total. The van der Waals surface area contributed by atoms with Gasteiger partial charge in [0.05, 0.1) is 23.0 Å². The lowest BCUT2D eigenvalue weighted by Crippen LogP contribution is -2.43. The van der Waals surface area contributed by atoms with Crippen LogP contribution in [-0.2, 0) is 4.79 Å². The van der Waals surface area contributed by atoms with Crippen LogP contribution >= 0.6 is 11.6 Å². The molecule has 128 valence electrons. The fraction of sp³-hybridized carbons (Fsp3) is 0.500. The second-order valence-corrected chi connectivity index (χ2v) is 6.55. The highest BCUT2D eigenvalue weighted by Gasteiger charge is 2.34. The van der Waals surface area contributed by atoms with E-state index in [9.17, 15) is 4.79 Å². The van der Waals surface area contributed by atoms with Crippen LogP contribution in [0, 0.1) is 5.92 Å². The van der Waals surface area contributed by atoms with Crippen molar-refractivity contribution >= 4 is 35.2 Å². The molecule has 1 heterocycles. The number of allylic oxidation sites excluding steroid dienone is 1. The maximum absolute atomic E-state index is 11.5. The molecule has 2 fully saturated rings. The van der Waals surface area contributed by atoms with Crippen molar-refractivity contribution in [2.45, 2.75) is 37.8 Å². The number of nitrogens with zero attached hydrogens (tertiary/aromatic N) is 3. The van der Waals surface area contributed by atoms with Crippen molar-refractivity contribution in [2.24, 2.45) is 16.6 Å². The van der Waals surface area contributed by atoms with Gasteiger partial charge in [0.2, 0.25) is 11.9 Å². The molecule has 2 aliphatic rings. The van der Waals surface area contributed by atoms with E-state index in [1.165, 1.54) is 6.20 Å². The molecule has 1 amide bonds. The first kappa shape index (κ1) is 16.7. The van der Waals surface area contributed by atoms with Gasteiger partial charge in [-0.1, -0.05) is 11.6 Å². The van der Waals surface area contributed by atoms with Crippen molar-refractivity contribution in [2.75, 3.05) is 12.4 Å². The summed E-state index contributed by atoms with van der Waals surface area (Å²) in [5.41, 5.74) is 6.93. The third kappa shape index (κ3) is 3.84. The minimum absolute atomic E-state index is 0.0597. The van der Waals surface area contributed by atoms with E-state index >= 15 is 0 Å². The van der Waals surface area contributed by atoms with Gasteiger partial charge in [0.25, 0.3) is 0 Å². The quantitative estimate of drug-likeness (QED) is 0.677. The first-order valence-corrected chi connectivity index (χ1v) is 8.44. The molecule has 0 aliphatic heterocycles. The third-order valence-corrected chi connectivity index (χ3v) is 4.53. The summed E-state index contributed by atoms with van der Waals surface area (Å²) < 4.78 is 0. The number of halogens is 1. The van der Waals surface area contributed by atoms with Gasteiger partial charge in [-0.3, -0.25) is 9.79 Å². The van der Waals surface area contributed by atoms with E-state index in [2.05, 4.69) is 25.6 Å². The molecule has 0 aromatic carbocycles. The molecule has 24 heavy (non-hydrogen) atoms. The molecule has 3 rings (SSSR count). The van der Waals surface area contributed by atoms with Crippen molar-refractivity contribution in [1.82, 2.24) is 15.3 Å². The lowest BCUT2D eigenvalue weighted by atomic mass is 9.80. The van der Waals surface area contributed by atoms with Gasteiger partial charge in [0.15, 0.2) is 0 Å². The standard InChI is InChI=1S/C16H21ClN6O/c1-19-15(24)9-4-12(5-9)22-16-21-8-13(17)14(23-16)10(6-18)7-20-11-2-3-11/h6-9,11-12H,2-5,18H2,1H3,(H,19,24)(H,21,22,23)/b10-6+,20-7?. The summed E-state index contributed by atoms with van der Waals surface area (Å²) in [5.74, 6) is 0.619. The van der Waals surface area contributed by atoms with Crippen molar-refractivity contribution in [3.63, 3.8) is 0 Å². The Hall–Kier alpha value is -2.15. The van der Waals surface area contributed by atoms with E-state index in [-0.39, 0.29) is 17.9 Å². The van der Waals surface area contributed by atoms with Gasteiger partial charge < -0.3 is 16.4 Å². The normalized spacial score (nSPS) is 23.8. The summed E-state index contributed by atoms with van der Waals surface area (Å²) in [7, 11) is 1.65. The van der Waals surface area contributed by atoms with Gasteiger partial charge in [-0.15, -0.1) is 0 Å². The van der Waals surface area contributed by atoms with Crippen LogP contribution in [-0.4, -0.2) is 41.2 Å². The third-order valence-electron chi connectivity index (χ3n) is 4.26. The Morgan fingerprint density at radius 1 is 1.46 bits per heavy atom. The number of aromatic nitrogens is 2. The number of aliphatic imine (C=N–C) groups is 1. The van der Waals surface area contributed by atoms with Crippen LogP contribution in [0.2, 0.25) is 5.02 Å². The van der Waals surface area contributed by atoms with Crippen LogP contribution in [0.1, 0.15) is 31.4 Å². The maximum Gasteiger partial charge on any atom is 0.223 e. The SMILES string of the molecule is CNC(=O)C1CC(Nc2ncc(Cl)c(/C(C=NC3CC3)=C/N)n2)C1. The zero-order valence-corrected chi connectivity index (χ0v) is 14.3. The Labute approximate surface area is 145 Å². The Balaban J connectivity index is 1.66. The minimum Gasteiger partial charge on any atom is -0.404 e. The zero-order chi connectivity index (χ0) is 17.1. The van der Waals surface area contributed by atoms with Gasteiger partial charge in [-0.05, 0) is 25.7 Å². The van der Waals surface area contributed by atoms with E-state index < -0.39 is 0 Å². The molecule has 0 bridgehead atoms. The molecular formula is C16H21ClN6O. The summed E-state index contributed by atoms with van der Waals surface area (Å²) in [5, 5.41) is 6.33. The topological polar surface area (TPSA) is 105 Å². The van der Waals surface area contributed by atoms with Crippen LogP contribution < -0.4 is 16.4 Å². The van der Waals surface area contributed by atoms with Crippen molar-refractivity contribution < 1.29 is 4.79 Å². The second kappa shape index (κ2) is 7.17. The number of anilines is 1. The number of rotatable bonds is 6. The summed E-state index contributed by atoms with van der Waals surface area (Å²) in [4.78, 5) is 24.6. The molecule has 8 heteroatoms. The van der Waals surface area contributed by atoms with E-state index in [4.69, 9.17) is 17.3 Å². The molecule has 0 atom stereocenters. The number of carbonyl (C=O) groups excluding carboxylic acids is 1. The monoisotopic (exact) mass is 348 g/mol. The Bertz CT molecular complexity index is 679. The maximum atomic E-state index is 11.5. The number of amides is 1. The van der Waals surface area contributed by atoms with Crippen LogP contribution in [0.4, 0.5) is 5.95 Å². The molecule has 1 aromatic rings. The Kier molecular flexibility index (Phi) is 4.99. The smallest absolute Gasteiger partial charge is 0.223 e. The van der Waals surface area contributed by atoms with E-state index in [1.807, 2.05) is 0 Å². The van der Waals surface area contributed by atoms with Gasteiger partial charge in [0, 0.05) is 37.0 Å². The van der Waals surface area contributed by atoms with Gasteiger partial charge >= 0.3 is 0 Å². The Morgan fingerprint density at radius 3 is 2.83 bits per heavy atom. The number of nitrogens with two attached hydrogens (primary N) is 1. The average molecular weight is 349 g/mol. The lowest BCUT2D eigenvalue weighted by molar-refractivity contribution is -0.127. The predicted octanol–water partition coefficient (Wildman–Crippen LogP) is 1.60. The van der Waals surface area contributed by atoms with Crippen LogP contribution in [0.5, 0.6) is 0 Å². The largest absolute Gasteiger partial charge is 0.404 e. The summed E-state index contributed by atoms with van der Waals surface area (Å²) in [6, 6.07) is 0.585. The molecule has 0 spiro atoms. The van der Waals surface area contributed by atoms with E-state index in [0.29, 0.717) is 28.3 Å². The van der Waals surface area contributed by atoms with Gasteiger partial charge in [0.1, 0.15) is 0 Å². The lowest BCUT2D eigenvalue weighted by Gasteiger charge is -2.34. The minimum atomic E-state index is 0.0597. The highest BCUT2D eigenvalue weighted by molar-refractivity contribution is 6.33. The summed E-state index contributed by atoms with van der Waals surface area (Å²) in [6.07, 6.45) is 8.50. The summed E-state index contributed by atoms with van der Waals surface area (Å²) >= 11 is 6.20. The Morgan fingerprint density at radius 2 is 2.21 bits per heavy atom. The van der Waals surface area contributed by atoms with E-state index in [1.54, 1.807) is 19.5 Å². The number of hydrogen-bond acceptors (Lipinski definition) is 6. The molecule has 0 radical (unpaired) electrons. The molecule has 2 aliphatic carbocycles. The molecular weight excluding hydrogens is 328 g/mol. The second-order valence-electron chi connectivity index (χ2n) is 6.15. The van der Waals surface area contributed by atoms with Crippen LogP contribution in [0.25, 0.3) is 5.57 Å². The van der Waals surface area contributed by atoms with E-state index in [0.717, 1.165) is 25.7 Å². The number of carbonyl (C=O) groups is 1. The first-order valence-electron chi connectivity index (χ1n) is 8.06. The van der Waals surface area contributed by atoms with Crippen molar-refractivity contribution in [3.8, 4) is 0 Å². The van der Waals surface area contributed by atoms with Gasteiger partial charge in [-0.2, -0.15) is 0 Å². The van der Waals surface area contributed by atoms with Gasteiger partial charge in [-0.25, -0.2) is 9.97 Å². The van der Waals surface area contributed by atoms with Crippen LogP contribution in [0.3, 0.4) is 0 Å². The summed E-state index contributed by atoms with van der Waals surface area (Å²) in [6.45, 7) is 0. The van der Waals surface area contributed by atoms with Crippen molar-refractivity contribution in [1.29, 1.82) is 0 Å². The highest BCUT2D eigenvalue weighted by atomic mass is 35.5. The molecule has 0 saturated heterocycles. The molecule has 0 unspecified atom stereocenters. The highest BCUT2D eigenvalue weighted by Crippen LogP contribution is 2.30. The number of hydrogen-bond donors (Lipinski definition) is 3. The predicted molar refractivity (Wildman–Crippen MR) is 94.9 cm³/mol. The number of nitrogens with one attached hydrogen (secondary N) is 2. The van der Waals surface area contributed by atoms with Crippen molar-refractivity contribution in [3.05, 3.63) is 23.1 Å². The average Bonchev–Trinajstić information content (AvgIpc) is 3.37. The fourth-order valence-corrected chi connectivity index (χ4v) is 2.77. The van der Waals surface area contributed by atoms with Crippen LogP contribution in [0.15, 0.2) is 17.4 Å². The molecule has 2 saturated carbocycles. The molecule has 1 aromatic heterocycles. The first-order chi connectivity index (χ1) is 11.6. The zero-order valence-electron chi connectivity index (χ0n) is 13.5. The molecule has 4 N–H and O–H groups in total.